The fourth-order valence-corrected chi connectivity index (χ4v) is 4.78. The van der Waals surface area contributed by atoms with Gasteiger partial charge in [0.25, 0.3) is 0 Å². The highest BCUT2D eigenvalue weighted by Crippen LogP contribution is 2.33. The van der Waals surface area contributed by atoms with Crippen LogP contribution >= 0.6 is 11.8 Å². The number of unbranched alkanes of at least 4 members (excludes halogenated alkanes) is 2. The molecule has 1 unspecified atom stereocenters. The minimum atomic E-state index is -0.579. The summed E-state index contributed by atoms with van der Waals surface area (Å²) in [7, 11) is 0. The molecular weight excluding hydrogens is 314 g/mol. The molecule has 2 fully saturated rings. The molecule has 2 amide bonds. The summed E-state index contributed by atoms with van der Waals surface area (Å²) in [5.41, 5.74) is 5.42. The lowest BCUT2D eigenvalue weighted by Gasteiger charge is -2.16. The number of thioether (sulfide) groups is 1. The number of nitrogens with one attached hydrogen (secondary N) is 2. The largest absolute Gasteiger partial charge is 0.332 e. The fraction of sp³-hybridized carbons (Fsp3) is 0.812. The first-order valence-electron chi connectivity index (χ1n) is 8.44. The van der Waals surface area contributed by atoms with Gasteiger partial charge in [0.2, 0.25) is 6.29 Å². The second-order valence-electron chi connectivity index (χ2n) is 6.29. The predicted octanol–water partition coefficient (Wildman–Crippen LogP) is 1.14. The van der Waals surface area contributed by atoms with Gasteiger partial charge in [0.1, 0.15) is 5.78 Å². The van der Waals surface area contributed by atoms with Gasteiger partial charge in [-0.25, -0.2) is 4.79 Å². The van der Waals surface area contributed by atoms with Gasteiger partial charge in [-0.1, -0.05) is 12.8 Å². The van der Waals surface area contributed by atoms with Crippen LogP contribution in [-0.2, 0) is 9.59 Å². The first-order chi connectivity index (χ1) is 11.2. The van der Waals surface area contributed by atoms with Crippen molar-refractivity contribution in [3.63, 3.8) is 0 Å². The van der Waals surface area contributed by atoms with Gasteiger partial charge in [-0.15, -0.1) is 0 Å². The van der Waals surface area contributed by atoms with Crippen LogP contribution in [0.4, 0.5) is 4.79 Å². The molecule has 2 rings (SSSR count). The number of hydrogen-bond acceptors (Lipinski definition) is 5. The summed E-state index contributed by atoms with van der Waals surface area (Å²) in [4.78, 5) is 34.3. The van der Waals surface area contributed by atoms with Gasteiger partial charge < -0.3 is 16.4 Å². The van der Waals surface area contributed by atoms with Crippen LogP contribution in [0.3, 0.4) is 0 Å². The molecule has 4 atom stereocenters. The molecule has 2 saturated heterocycles. The third-order valence-corrected chi connectivity index (χ3v) is 6.09. The molecule has 2 aliphatic heterocycles. The Balaban J connectivity index is 1.62. The zero-order chi connectivity index (χ0) is 16.7. The van der Waals surface area contributed by atoms with E-state index in [1.165, 1.54) is 0 Å². The van der Waals surface area contributed by atoms with E-state index in [9.17, 15) is 14.4 Å². The van der Waals surface area contributed by atoms with Crippen molar-refractivity contribution in [1.29, 1.82) is 0 Å². The first-order valence-corrected chi connectivity index (χ1v) is 9.49. The van der Waals surface area contributed by atoms with Crippen LogP contribution < -0.4 is 16.4 Å². The smallest absolute Gasteiger partial charge is 0.315 e. The van der Waals surface area contributed by atoms with Crippen LogP contribution in [0.25, 0.3) is 0 Å². The van der Waals surface area contributed by atoms with E-state index in [1.807, 2.05) is 18.0 Å². The van der Waals surface area contributed by atoms with Gasteiger partial charge in [-0.3, -0.25) is 9.59 Å². The molecule has 7 heteroatoms. The minimum absolute atomic E-state index is 0.00445. The number of fused-ring (bicyclic) bond motifs is 1. The van der Waals surface area contributed by atoms with Gasteiger partial charge in [0, 0.05) is 17.4 Å². The Morgan fingerprint density at radius 1 is 1.30 bits per heavy atom. The third kappa shape index (κ3) is 5.21. The topological polar surface area (TPSA) is 101 Å². The van der Waals surface area contributed by atoms with E-state index in [4.69, 9.17) is 5.73 Å². The zero-order valence-electron chi connectivity index (χ0n) is 13.4. The highest BCUT2D eigenvalue weighted by Gasteiger charge is 2.42. The molecule has 0 saturated carbocycles. The molecule has 0 aromatic carbocycles. The number of nitrogens with two attached hydrogens (primary N) is 1. The van der Waals surface area contributed by atoms with Crippen molar-refractivity contribution in [2.24, 2.45) is 11.7 Å². The van der Waals surface area contributed by atoms with Gasteiger partial charge >= 0.3 is 6.03 Å². The lowest BCUT2D eigenvalue weighted by Crippen LogP contribution is -2.36. The van der Waals surface area contributed by atoms with E-state index >= 15 is 0 Å². The maximum Gasteiger partial charge on any atom is 0.315 e. The lowest BCUT2D eigenvalue weighted by atomic mass is 9.94. The second kappa shape index (κ2) is 9.27. The van der Waals surface area contributed by atoms with Crippen molar-refractivity contribution < 1.29 is 14.4 Å². The summed E-state index contributed by atoms with van der Waals surface area (Å²) in [5.74, 6) is 0.381. The fourth-order valence-electron chi connectivity index (χ4n) is 3.24. The van der Waals surface area contributed by atoms with E-state index in [2.05, 4.69) is 10.6 Å². The van der Waals surface area contributed by atoms with Crippen molar-refractivity contribution in [3.8, 4) is 0 Å². The zero-order valence-corrected chi connectivity index (χ0v) is 14.2. The van der Waals surface area contributed by atoms with Crippen LogP contribution in [-0.4, -0.2) is 47.7 Å². The molecule has 2 aliphatic rings. The van der Waals surface area contributed by atoms with Crippen LogP contribution in [0.2, 0.25) is 0 Å². The van der Waals surface area contributed by atoms with Gasteiger partial charge in [-0.2, -0.15) is 11.8 Å². The van der Waals surface area contributed by atoms with Crippen molar-refractivity contribution in [2.45, 2.75) is 62.3 Å². The molecule has 6 nitrogen and oxygen atoms in total. The Bertz CT molecular complexity index is 433. The minimum Gasteiger partial charge on any atom is -0.332 e. The number of ketones is 1. The number of Topliss-reactive ketones (excluding diaryl/α,β-unsaturated/α-hetero) is 1. The van der Waals surface area contributed by atoms with Crippen molar-refractivity contribution >= 4 is 29.9 Å². The van der Waals surface area contributed by atoms with Crippen LogP contribution in [0.15, 0.2) is 0 Å². The average Bonchev–Trinajstić information content (AvgIpc) is 3.07. The standard InChI is InChI=1S/C16H26N3O3S/c17-8-4-3-5-11(9-20)13(21)6-1-2-7-14-15-12(10-23-14)18-16(22)19-15/h11-12,14-15H,1-8,10,17H2,(H2,18,19,22)/t11?,12-,14-,15-/m0/s1. The third-order valence-electron chi connectivity index (χ3n) is 4.58. The van der Waals surface area contributed by atoms with Gasteiger partial charge in [0.05, 0.1) is 18.0 Å². The lowest BCUT2D eigenvalue weighted by molar-refractivity contribution is -0.121. The van der Waals surface area contributed by atoms with E-state index < -0.39 is 5.92 Å². The van der Waals surface area contributed by atoms with E-state index in [0.717, 1.165) is 37.9 Å². The van der Waals surface area contributed by atoms with Crippen molar-refractivity contribution in [2.75, 3.05) is 12.3 Å². The summed E-state index contributed by atoms with van der Waals surface area (Å²) >= 11 is 1.88. The number of hydrogen-bond donors (Lipinski definition) is 3. The van der Waals surface area contributed by atoms with Crippen molar-refractivity contribution in [3.05, 3.63) is 0 Å². The molecule has 2 heterocycles. The first kappa shape index (κ1) is 18.3. The SMILES string of the molecule is NCCCCC([C]=O)C(=O)CCCC[C@@H]1SC[C@@H]2NC(=O)N[C@@H]21. The Kier molecular flexibility index (Phi) is 7.36. The highest BCUT2D eigenvalue weighted by molar-refractivity contribution is 8.00. The Morgan fingerprint density at radius 2 is 2.13 bits per heavy atom. The van der Waals surface area contributed by atoms with Gasteiger partial charge in [0.15, 0.2) is 0 Å². The molecule has 4 N–H and O–H groups in total. The van der Waals surface area contributed by atoms with Crippen LogP contribution in [0, 0.1) is 5.92 Å². The number of amides is 2. The van der Waals surface area contributed by atoms with E-state index in [0.29, 0.717) is 24.6 Å². The molecule has 0 bridgehead atoms. The predicted molar refractivity (Wildman–Crippen MR) is 91.1 cm³/mol. The number of rotatable bonds is 11. The molecule has 0 spiro atoms. The van der Waals surface area contributed by atoms with E-state index in [1.54, 1.807) is 0 Å². The highest BCUT2D eigenvalue weighted by atomic mass is 32.2. The molecule has 0 aromatic heterocycles. The van der Waals surface area contributed by atoms with E-state index in [-0.39, 0.29) is 23.9 Å². The summed E-state index contributed by atoms with van der Waals surface area (Å²) in [6.07, 6.45) is 7.26. The maximum atomic E-state index is 12.0. The normalized spacial score (nSPS) is 27.2. The maximum absolute atomic E-state index is 12.0. The summed E-state index contributed by atoms with van der Waals surface area (Å²) in [6, 6.07) is 0.397. The molecular formula is C16H26N3O3S. The molecule has 129 valence electrons. The molecule has 23 heavy (non-hydrogen) atoms. The Hall–Kier alpha value is -1.08. The average molecular weight is 340 g/mol. The molecule has 0 aliphatic carbocycles. The Morgan fingerprint density at radius 3 is 2.87 bits per heavy atom. The number of carbonyl (C=O) groups is 2. The summed E-state index contributed by atoms with van der Waals surface area (Å²) in [5, 5.41) is 6.32. The number of urea groups is 1. The van der Waals surface area contributed by atoms with Gasteiger partial charge in [-0.05, 0) is 32.2 Å². The van der Waals surface area contributed by atoms with Crippen LogP contribution in [0.5, 0.6) is 0 Å². The molecule has 0 aromatic rings. The Labute approximate surface area is 141 Å². The quantitative estimate of drug-likeness (QED) is 0.297. The van der Waals surface area contributed by atoms with Crippen molar-refractivity contribution in [1.82, 2.24) is 10.6 Å². The summed E-state index contributed by atoms with van der Waals surface area (Å²) in [6.45, 7) is 0.590. The summed E-state index contributed by atoms with van der Waals surface area (Å²) < 4.78 is 0. The van der Waals surface area contributed by atoms with Crippen LogP contribution in [0.1, 0.15) is 44.9 Å². The second-order valence-corrected chi connectivity index (χ2v) is 7.56. The number of carbonyl (C=O) groups excluding carboxylic acids is 3. The molecule has 1 radical (unpaired) electrons. The monoisotopic (exact) mass is 340 g/mol.